The van der Waals surface area contributed by atoms with E-state index in [0.29, 0.717) is 30.6 Å². The van der Waals surface area contributed by atoms with Gasteiger partial charge in [0.2, 0.25) is 5.78 Å². The number of para-hydroxylation sites is 2. The van der Waals surface area contributed by atoms with Crippen LogP contribution >= 0.6 is 0 Å². The fourth-order valence-electron chi connectivity index (χ4n) is 10.0. The highest BCUT2D eigenvalue weighted by Crippen LogP contribution is 2.50. The van der Waals surface area contributed by atoms with Crippen LogP contribution in [0.15, 0.2) is 167 Å². The van der Waals surface area contributed by atoms with Crippen LogP contribution in [-0.2, 0) is 26.0 Å². The van der Waals surface area contributed by atoms with Crippen LogP contribution < -0.4 is 14.4 Å². The SMILES string of the molecule is COc1ccc(C(OCCCCCN2C(=CC3=C(O)C(=C(CCCCCO)C4=Nc5ccccc5C4(C)C)C3=O)C(C)(C)c3ccccc32)(c2ccccc2)c2ccc(OC)cc2)cc1. The van der Waals surface area contributed by atoms with E-state index < -0.39 is 16.4 Å². The topological polar surface area (TPSA) is 101 Å². The lowest BCUT2D eigenvalue weighted by Crippen LogP contribution is -2.33. The van der Waals surface area contributed by atoms with Crippen LogP contribution in [-0.4, -0.2) is 55.7 Å². The van der Waals surface area contributed by atoms with Gasteiger partial charge < -0.3 is 29.3 Å². The number of ether oxygens (including phenoxy) is 3. The van der Waals surface area contributed by atoms with Crippen LogP contribution in [0, 0.1) is 0 Å². The predicted octanol–water partition coefficient (Wildman–Crippen LogP) is 12.2. The summed E-state index contributed by atoms with van der Waals surface area (Å²) in [4.78, 5) is 21.9. The molecule has 8 nitrogen and oxygen atoms in total. The minimum Gasteiger partial charge on any atom is -0.506 e. The molecule has 0 bridgehead atoms. The Morgan fingerprint density at radius 3 is 1.88 bits per heavy atom. The molecule has 0 radical (unpaired) electrons. The van der Waals surface area contributed by atoms with Gasteiger partial charge in [0, 0.05) is 42.0 Å². The van der Waals surface area contributed by atoms with Gasteiger partial charge in [-0.05, 0) is 114 Å². The maximum atomic E-state index is 14.4. The van der Waals surface area contributed by atoms with Crippen LogP contribution in [0.3, 0.4) is 0 Å². The van der Waals surface area contributed by atoms with Crippen molar-refractivity contribution in [3.63, 3.8) is 0 Å². The van der Waals surface area contributed by atoms with E-state index in [0.717, 1.165) is 101 Å². The molecular weight excluding hydrogens is 809 g/mol. The summed E-state index contributed by atoms with van der Waals surface area (Å²) in [7, 11) is 3.35. The molecule has 2 N–H and O–H groups in total. The number of aliphatic imine (C=N–C) groups is 1. The fourth-order valence-corrected chi connectivity index (χ4v) is 10.0. The van der Waals surface area contributed by atoms with Crippen molar-refractivity contribution >= 4 is 22.9 Å². The predicted molar refractivity (Wildman–Crippen MR) is 261 cm³/mol. The molecule has 8 rings (SSSR count). The van der Waals surface area contributed by atoms with Crippen molar-refractivity contribution in [2.24, 2.45) is 4.99 Å². The zero-order chi connectivity index (χ0) is 45.8. The number of unbranched alkanes of at least 4 members (excludes halogenated alkanes) is 4. The standard InChI is InChI=1S/C57H62N2O6/c1-55(2)47-24-14-16-26-49(47)59(50(55)38-45-52(61)51(53(45)62)44(22-12-8-18-36-60)54-56(3,4)46-23-13-15-25-48(46)58-54)35-17-9-19-37-65-57(39-20-10-7-11-21-39,40-27-31-42(63-5)32-28-40)41-29-33-43(64-6)34-30-41/h7,10-11,13-16,20-21,23-34,38,60-61H,8-9,12,17-19,22,35-37H2,1-6H3. The van der Waals surface area contributed by atoms with Crippen LogP contribution in [0.5, 0.6) is 11.5 Å². The summed E-state index contributed by atoms with van der Waals surface area (Å²) in [5.41, 5.74) is 8.95. The first-order valence-electron chi connectivity index (χ1n) is 23.1. The normalized spacial score (nSPS) is 17.5. The van der Waals surface area contributed by atoms with Crippen LogP contribution in [0.1, 0.15) is 100 Å². The first-order chi connectivity index (χ1) is 31.5. The zero-order valence-corrected chi connectivity index (χ0v) is 38.7. The lowest BCUT2D eigenvalue weighted by molar-refractivity contribution is -0.113. The van der Waals surface area contributed by atoms with E-state index in [1.165, 1.54) is 5.56 Å². The van der Waals surface area contributed by atoms with Gasteiger partial charge in [-0.1, -0.05) is 125 Å². The number of methoxy groups -OCH3 is 2. The number of benzene rings is 5. The molecule has 0 saturated heterocycles. The van der Waals surface area contributed by atoms with E-state index in [9.17, 15) is 15.0 Å². The number of anilines is 1. The molecule has 1 aliphatic carbocycles. The molecule has 0 aromatic heterocycles. The van der Waals surface area contributed by atoms with Gasteiger partial charge in [-0.2, -0.15) is 0 Å². The number of nitrogens with zero attached hydrogens (tertiary/aromatic N) is 2. The van der Waals surface area contributed by atoms with Gasteiger partial charge in [-0.15, -0.1) is 0 Å². The van der Waals surface area contributed by atoms with E-state index in [4.69, 9.17) is 19.2 Å². The average Bonchev–Trinajstić information content (AvgIpc) is 3.73. The summed E-state index contributed by atoms with van der Waals surface area (Å²) >= 11 is 0. The molecule has 0 amide bonds. The summed E-state index contributed by atoms with van der Waals surface area (Å²) in [5.74, 6) is 1.44. The number of hydrogen-bond donors (Lipinski definition) is 2. The van der Waals surface area contributed by atoms with E-state index >= 15 is 0 Å². The Balaban J connectivity index is 1.05. The third-order valence-electron chi connectivity index (χ3n) is 13.6. The van der Waals surface area contributed by atoms with Crippen LogP contribution in [0.4, 0.5) is 11.4 Å². The molecule has 8 heteroatoms. The van der Waals surface area contributed by atoms with Crippen molar-refractivity contribution < 1.29 is 29.2 Å². The molecule has 0 spiro atoms. The Bertz CT molecular complexity index is 2590. The fraction of sp³-hybridized carbons (Fsp3) is 0.333. The van der Waals surface area contributed by atoms with Crippen molar-refractivity contribution in [3.8, 4) is 11.5 Å². The molecule has 5 aromatic rings. The summed E-state index contributed by atoms with van der Waals surface area (Å²) in [6, 6.07) is 43.2. The zero-order valence-electron chi connectivity index (χ0n) is 38.7. The molecule has 336 valence electrons. The number of rotatable bonds is 19. The highest BCUT2D eigenvalue weighted by atomic mass is 16.5. The third kappa shape index (κ3) is 8.46. The smallest absolute Gasteiger partial charge is 0.200 e. The van der Waals surface area contributed by atoms with Crippen molar-refractivity contribution in [3.05, 3.63) is 189 Å². The number of aliphatic hydroxyl groups excluding tert-OH is 2. The van der Waals surface area contributed by atoms with Crippen LogP contribution in [0.25, 0.3) is 0 Å². The molecule has 0 atom stereocenters. The maximum Gasteiger partial charge on any atom is 0.200 e. The largest absolute Gasteiger partial charge is 0.506 e. The molecule has 2 aliphatic heterocycles. The number of allylic oxidation sites excluding steroid dienone is 5. The lowest BCUT2D eigenvalue weighted by Gasteiger charge is -2.36. The van der Waals surface area contributed by atoms with E-state index in [1.807, 2.05) is 54.6 Å². The Hall–Kier alpha value is -6.22. The monoisotopic (exact) mass is 870 g/mol. The molecule has 0 saturated carbocycles. The van der Waals surface area contributed by atoms with E-state index in [2.05, 4.69) is 111 Å². The lowest BCUT2D eigenvalue weighted by atomic mass is 9.73. The number of aliphatic hydroxyl groups is 2. The summed E-state index contributed by atoms with van der Waals surface area (Å²) in [6.07, 6.45) is 7.41. The molecule has 3 aliphatic rings. The first kappa shape index (κ1) is 45.4. The van der Waals surface area contributed by atoms with Crippen molar-refractivity contribution in [2.75, 3.05) is 38.9 Å². The molecule has 0 fully saturated rings. The van der Waals surface area contributed by atoms with E-state index in [1.54, 1.807) is 14.2 Å². The van der Waals surface area contributed by atoms with Crippen molar-refractivity contribution in [1.82, 2.24) is 0 Å². The van der Waals surface area contributed by atoms with Gasteiger partial charge in [0.1, 0.15) is 22.9 Å². The minimum absolute atomic E-state index is 0.0357. The Morgan fingerprint density at radius 2 is 1.26 bits per heavy atom. The van der Waals surface area contributed by atoms with E-state index in [-0.39, 0.29) is 18.1 Å². The Kier molecular flexibility index (Phi) is 13.3. The van der Waals surface area contributed by atoms with Gasteiger partial charge in [0.15, 0.2) is 0 Å². The second-order valence-corrected chi connectivity index (χ2v) is 18.3. The highest BCUT2D eigenvalue weighted by molar-refractivity contribution is 6.26. The average molecular weight is 871 g/mol. The van der Waals surface area contributed by atoms with Gasteiger partial charge >= 0.3 is 0 Å². The number of Topliss-reactive ketones (excluding diaryl/α,β-unsaturated/α-hetero) is 1. The molecule has 5 aromatic carbocycles. The van der Waals surface area contributed by atoms with Gasteiger partial charge in [0.05, 0.1) is 36.8 Å². The number of hydrogen-bond acceptors (Lipinski definition) is 8. The Morgan fingerprint density at radius 1 is 0.677 bits per heavy atom. The van der Waals surface area contributed by atoms with Gasteiger partial charge in [-0.25, -0.2) is 0 Å². The number of fused-ring (bicyclic) bond motifs is 2. The minimum atomic E-state index is -0.880. The summed E-state index contributed by atoms with van der Waals surface area (Å²) in [6.45, 7) is 10.0. The van der Waals surface area contributed by atoms with Crippen molar-refractivity contribution in [2.45, 2.75) is 89.1 Å². The second kappa shape index (κ2) is 19.1. The Labute approximate surface area is 384 Å². The summed E-state index contributed by atoms with van der Waals surface area (Å²) in [5, 5.41) is 21.4. The number of ketones is 1. The molecule has 2 heterocycles. The van der Waals surface area contributed by atoms with Crippen LogP contribution in [0.2, 0.25) is 0 Å². The number of carbonyl (C=O) groups is 1. The maximum absolute atomic E-state index is 14.4. The third-order valence-corrected chi connectivity index (χ3v) is 13.6. The second-order valence-electron chi connectivity index (χ2n) is 18.3. The number of carbonyl (C=O) groups excluding carboxylic acids is 1. The molecular formula is C57H62N2O6. The molecule has 65 heavy (non-hydrogen) atoms. The van der Waals surface area contributed by atoms with Gasteiger partial charge in [-0.3, -0.25) is 9.79 Å². The highest BCUT2D eigenvalue weighted by Gasteiger charge is 2.45. The van der Waals surface area contributed by atoms with Gasteiger partial charge in [0.25, 0.3) is 0 Å². The quantitative estimate of drug-likeness (QED) is 0.0484. The molecule has 0 unspecified atom stereocenters. The summed E-state index contributed by atoms with van der Waals surface area (Å²) < 4.78 is 18.2. The van der Waals surface area contributed by atoms with Crippen molar-refractivity contribution in [1.29, 1.82) is 0 Å². The first-order valence-corrected chi connectivity index (χ1v) is 23.1.